The second-order valence-corrected chi connectivity index (χ2v) is 6.18. The predicted molar refractivity (Wildman–Crippen MR) is 88.1 cm³/mol. The molecule has 0 fully saturated rings. The molecule has 7 nitrogen and oxygen atoms in total. The molecule has 7 heteroatoms. The molecule has 24 heavy (non-hydrogen) atoms. The van der Waals surface area contributed by atoms with Crippen LogP contribution in [0.5, 0.6) is 0 Å². The smallest absolute Gasteiger partial charge is 0.255 e. The summed E-state index contributed by atoms with van der Waals surface area (Å²) in [4.78, 5) is 30.2. The van der Waals surface area contributed by atoms with E-state index in [9.17, 15) is 4.79 Å². The van der Waals surface area contributed by atoms with E-state index in [-0.39, 0.29) is 5.56 Å². The van der Waals surface area contributed by atoms with Gasteiger partial charge in [0.15, 0.2) is 0 Å². The van der Waals surface area contributed by atoms with E-state index in [2.05, 4.69) is 24.8 Å². The molecule has 1 N–H and O–H groups in total. The molecule has 0 aliphatic carbocycles. The van der Waals surface area contributed by atoms with Crippen LogP contribution < -0.4 is 5.56 Å². The van der Waals surface area contributed by atoms with Crippen LogP contribution in [0.3, 0.4) is 0 Å². The summed E-state index contributed by atoms with van der Waals surface area (Å²) < 4.78 is 5.40. The van der Waals surface area contributed by atoms with Gasteiger partial charge in [0.2, 0.25) is 0 Å². The van der Waals surface area contributed by atoms with Gasteiger partial charge in [-0.1, -0.05) is 0 Å². The topological polar surface area (TPSA) is 84.0 Å². The fourth-order valence-corrected chi connectivity index (χ4v) is 3.20. The molecule has 0 atom stereocenters. The van der Waals surface area contributed by atoms with Crippen LogP contribution in [-0.4, -0.2) is 44.5 Å². The Balaban J connectivity index is 1.56. The van der Waals surface area contributed by atoms with Crippen LogP contribution in [0, 0.1) is 0 Å². The van der Waals surface area contributed by atoms with Gasteiger partial charge in [-0.15, -0.1) is 0 Å². The van der Waals surface area contributed by atoms with Gasteiger partial charge in [0, 0.05) is 38.4 Å². The number of aromatic nitrogens is 4. The molecule has 124 valence electrons. The third-order valence-electron chi connectivity index (χ3n) is 4.42. The van der Waals surface area contributed by atoms with E-state index in [0.29, 0.717) is 12.4 Å². The van der Waals surface area contributed by atoms with Crippen molar-refractivity contribution in [2.75, 3.05) is 19.7 Å². The van der Waals surface area contributed by atoms with Crippen molar-refractivity contribution in [3.05, 3.63) is 52.2 Å². The van der Waals surface area contributed by atoms with Crippen molar-refractivity contribution in [1.82, 2.24) is 24.8 Å². The van der Waals surface area contributed by atoms with Gasteiger partial charge in [0.25, 0.3) is 5.56 Å². The Labute approximate surface area is 139 Å². The van der Waals surface area contributed by atoms with Crippen molar-refractivity contribution in [3.63, 3.8) is 0 Å². The Kier molecular flexibility index (Phi) is 4.08. The number of hydrogen-bond donors (Lipinski definition) is 1. The predicted octanol–water partition coefficient (Wildman–Crippen LogP) is 1.28. The molecule has 0 bridgehead atoms. The number of nitrogens with zero attached hydrogens (tertiary/aromatic N) is 4. The zero-order chi connectivity index (χ0) is 16.4. The second-order valence-electron chi connectivity index (χ2n) is 6.18. The Morgan fingerprint density at radius 3 is 2.92 bits per heavy atom. The fraction of sp³-hybridized carbons (Fsp3) is 0.412. The lowest BCUT2D eigenvalue weighted by atomic mass is 10.0. The number of ether oxygens (including phenoxy) is 1. The largest absolute Gasteiger partial charge is 0.501 e. The quantitative estimate of drug-likeness (QED) is 0.915. The van der Waals surface area contributed by atoms with Crippen molar-refractivity contribution >= 4 is 0 Å². The minimum atomic E-state index is -0.0718. The van der Waals surface area contributed by atoms with Crippen molar-refractivity contribution in [2.24, 2.45) is 0 Å². The van der Waals surface area contributed by atoms with Crippen molar-refractivity contribution in [1.29, 1.82) is 0 Å². The average Bonchev–Trinajstić information content (AvgIpc) is 2.64. The van der Waals surface area contributed by atoms with Gasteiger partial charge in [0.1, 0.15) is 12.2 Å². The molecule has 0 unspecified atom stereocenters. The highest BCUT2D eigenvalue weighted by molar-refractivity contribution is 5.52. The van der Waals surface area contributed by atoms with Gasteiger partial charge in [-0.05, 0) is 18.4 Å². The van der Waals surface area contributed by atoms with Crippen LogP contribution >= 0.6 is 0 Å². The lowest BCUT2D eigenvalue weighted by molar-refractivity contribution is 0.208. The molecule has 0 amide bonds. The molecular weight excluding hydrogens is 306 g/mol. The van der Waals surface area contributed by atoms with Crippen LogP contribution in [0.15, 0.2) is 35.4 Å². The average molecular weight is 325 g/mol. The van der Waals surface area contributed by atoms with Crippen LogP contribution in [0.1, 0.15) is 24.1 Å². The summed E-state index contributed by atoms with van der Waals surface area (Å²) in [5.41, 5.74) is 3.59. The lowest BCUT2D eigenvalue weighted by Crippen LogP contribution is -2.37. The minimum absolute atomic E-state index is 0.0718. The van der Waals surface area contributed by atoms with Crippen LogP contribution in [-0.2, 0) is 17.7 Å². The molecular formula is C17H19N5O2. The first-order valence-corrected chi connectivity index (χ1v) is 8.19. The molecule has 2 aliphatic heterocycles. The SMILES string of the molecule is O=c1[nH]c(-c2cncnc2)nc2c1CN(CC1=COCCC1)CC2. The first kappa shape index (κ1) is 15.0. The fourth-order valence-electron chi connectivity index (χ4n) is 3.20. The monoisotopic (exact) mass is 325 g/mol. The molecule has 4 heterocycles. The van der Waals surface area contributed by atoms with E-state index < -0.39 is 0 Å². The molecule has 2 aliphatic rings. The Bertz CT molecular complexity index is 815. The first-order chi connectivity index (χ1) is 11.8. The molecule has 0 radical (unpaired) electrons. The second kappa shape index (κ2) is 6.52. The number of hydrogen-bond acceptors (Lipinski definition) is 6. The summed E-state index contributed by atoms with van der Waals surface area (Å²) in [5, 5.41) is 0. The third kappa shape index (κ3) is 3.07. The summed E-state index contributed by atoms with van der Waals surface area (Å²) in [6.45, 7) is 3.18. The van der Waals surface area contributed by atoms with Gasteiger partial charge in [0.05, 0.1) is 29.7 Å². The lowest BCUT2D eigenvalue weighted by Gasteiger charge is -2.29. The first-order valence-electron chi connectivity index (χ1n) is 8.19. The molecule has 0 saturated carbocycles. The molecule has 0 spiro atoms. The molecule has 2 aromatic heterocycles. The van der Waals surface area contributed by atoms with E-state index in [0.717, 1.165) is 55.8 Å². The summed E-state index contributed by atoms with van der Waals surface area (Å²) in [6, 6.07) is 0. The van der Waals surface area contributed by atoms with Crippen LogP contribution in [0.2, 0.25) is 0 Å². The Hall–Kier alpha value is -2.54. The van der Waals surface area contributed by atoms with Gasteiger partial charge in [-0.25, -0.2) is 15.0 Å². The van der Waals surface area contributed by atoms with E-state index in [1.807, 2.05) is 6.26 Å². The zero-order valence-corrected chi connectivity index (χ0v) is 13.4. The van der Waals surface area contributed by atoms with Gasteiger partial charge >= 0.3 is 0 Å². The van der Waals surface area contributed by atoms with Gasteiger partial charge < -0.3 is 9.72 Å². The zero-order valence-electron chi connectivity index (χ0n) is 13.4. The maximum atomic E-state index is 12.5. The number of nitrogens with one attached hydrogen (secondary N) is 1. The molecule has 2 aromatic rings. The molecule has 4 rings (SSSR count). The van der Waals surface area contributed by atoms with E-state index >= 15 is 0 Å². The Morgan fingerprint density at radius 1 is 1.25 bits per heavy atom. The van der Waals surface area contributed by atoms with Crippen molar-refractivity contribution in [3.8, 4) is 11.4 Å². The van der Waals surface area contributed by atoms with Gasteiger partial charge in [-0.3, -0.25) is 9.69 Å². The molecule has 0 aromatic carbocycles. The van der Waals surface area contributed by atoms with Crippen LogP contribution in [0.4, 0.5) is 0 Å². The standard InChI is InChI=1S/C17H19N5O2/c23-17-14-9-22(8-12-2-1-5-24-10-12)4-3-15(14)20-16(21-17)13-6-18-11-19-7-13/h6-7,10-11H,1-5,8-9H2,(H,20,21,23). The van der Waals surface area contributed by atoms with Gasteiger partial charge in [-0.2, -0.15) is 0 Å². The Morgan fingerprint density at radius 2 is 2.12 bits per heavy atom. The highest BCUT2D eigenvalue weighted by Crippen LogP contribution is 2.20. The number of H-pyrrole nitrogens is 1. The van der Waals surface area contributed by atoms with Crippen molar-refractivity contribution < 1.29 is 4.74 Å². The summed E-state index contributed by atoms with van der Waals surface area (Å²) in [6.07, 6.45) is 9.56. The third-order valence-corrected chi connectivity index (χ3v) is 4.42. The summed E-state index contributed by atoms with van der Waals surface area (Å²) in [7, 11) is 0. The summed E-state index contributed by atoms with van der Waals surface area (Å²) >= 11 is 0. The van der Waals surface area contributed by atoms with E-state index in [1.54, 1.807) is 12.4 Å². The number of aromatic amines is 1. The van der Waals surface area contributed by atoms with E-state index in [4.69, 9.17) is 4.74 Å². The number of rotatable bonds is 3. The highest BCUT2D eigenvalue weighted by Gasteiger charge is 2.22. The molecule has 0 saturated heterocycles. The maximum absolute atomic E-state index is 12.5. The summed E-state index contributed by atoms with van der Waals surface area (Å²) in [5.74, 6) is 0.538. The van der Waals surface area contributed by atoms with Crippen LogP contribution in [0.25, 0.3) is 11.4 Å². The minimum Gasteiger partial charge on any atom is -0.501 e. The van der Waals surface area contributed by atoms with Crippen molar-refractivity contribution in [2.45, 2.75) is 25.8 Å². The van der Waals surface area contributed by atoms with E-state index in [1.165, 1.54) is 11.9 Å². The maximum Gasteiger partial charge on any atom is 0.255 e. The normalized spacial score (nSPS) is 17.8. The highest BCUT2D eigenvalue weighted by atomic mass is 16.5. The number of fused-ring (bicyclic) bond motifs is 1.